The predicted octanol–water partition coefficient (Wildman–Crippen LogP) is 7.31. The lowest BCUT2D eigenvalue weighted by Crippen LogP contribution is -2.38. The third-order valence-corrected chi connectivity index (χ3v) is 8.56. The number of carbonyl (C=O) groups excluding carboxylic acids is 1. The van der Waals surface area contributed by atoms with E-state index in [-0.39, 0.29) is 11.8 Å². The Labute approximate surface area is 209 Å². The predicted molar refractivity (Wildman–Crippen MR) is 139 cm³/mol. The Morgan fingerprint density at radius 2 is 1.89 bits per heavy atom. The smallest absolute Gasteiger partial charge is 0.310 e. The van der Waals surface area contributed by atoms with Gasteiger partial charge in [0.15, 0.2) is 0 Å². The zero-order valence-electron chi connectivity index (χ0n) is 20.0. The van der Waals surface area contributed by atoms with E-state index in [9.17, 15) is 9.18 Å². The standard InChI is InChI=1S/C29H28FN3OS/c1-18-12-13-24(19(2)15-18)31-29(34)33-17-23-22-9-3-4-11-26(22)35-28(23)32-14-6-10-25(32)27(33)20-7-5-8-21(30)16-20/h5-8,10,12-16,27H,3-4,9,11,17H2,1-2H3,(H,31,34)/t27-/m1/s1. The van der Waals surface area contributed by atoms with E-state index < -0.39 is 6.04 Å². The molecule has 1 N–H and O–H groups in total. The number of hydrogen-bond acceptors (Lipinski definition) is 2. The number of aryl methyl sites for hydroxylation is 3. The highest BCUT2D eigenvalue weighted by molar-refractivity contribution is 7.15. The minimum absolute atomic E-state index is 0.178. The number of thiophene rings is 1. The molecule has 6 heteroatoms. The first-order valence-electron chi connectivity index (χ1n) is 12.2. The van der Waals surface area contributed by atoms with Crippen molar-refractivity contribution in [2.75, 3.05) is 5.32 Å². The molecule has 0 spiro atoms. The summed E-state index contributed by atoms with van der Waals surface area (Å²) >= 11 is 1.85. The lowest BCUT2D eigenvalue weighted by molar-refractivity contribution is 0.194. The van der Waals surface area contributed by atoms with Crippen LogP contribution in [-0.4, -0.2) is 15.5 Å². The van der Waals surface area contributed by atoms with Crippen LogP contribution in [0.5, 0.6) is 0 Å². The summed E-state index contributed by atoms with van der Waals surface area (Å²) in [5.74, 6) is -0.299. The summed E-state index contributed by atoms with van der Waals surface area (Å²) < 4.78 is 16.6. The van der Waals surface area contributed by atoms with Gasteiger partial charge in [0.05, 0.1) is 18.3 Å². The zero-order chi connectivity index (χ0) is 24.1. The molecule has 3 heterocycles. The van der Waals surface area contributed by atoms with Crippen molar-refractivity contribution in [3.63, 3.8) is 0 Å². The first-order valence-corrected chi connectivity index (χ1v) is 13.0. The summed E-state index contributed by atoms with van der Waals surface area (Å²) in [7, 11) is 0. The van der Waals surface area contributed by atoms with Gasteiger partial charge in [0.25, 0.3) is 0 Å². The molecule has 2 aliphatic rings. The van der Waals surface area contributed by atoms with Crippen LogP contribution in [0.2, 0.25) is 0 Å². The summed E-state index contributed by atoms with van der Waals surface area (Å²) in [5.41, 5.74) is 7.35. The van der Waals surface area contributed by atoms with Gasteiger partial charge in [-0.2, -0.15) is 0 Å². The van der Waals surface area contributed by atoms with Gasteiger partial charge in [0, 0.05) is 22.3 Å². The molecule has 0 saturated heterocycles. The van der Waals surface area contributed by atoms with Crippen LogP contribution in [-0.2, 0) is 19.4 Å². The molecule has 178 valence electrons. The van der Waals surface area contributed by atoms with Gasteiger partial charge in [-0.1, -0.05) is 29.8 Å². The number of anilines is 1. The monoisotopic (exact) mass is 485 g/mol. The molecule has 2 aromatic heterocycles. The first-order chi connectivity index (χ1) is 17.0. The number of hydrogen-bond donors (Lipinski definition) is 1. The van der Waals surface area contributed by atoms with Crippen molar-refractivity contribution in [3.05, 3.63) is 105 Å². The number of fused-ring (bicyclic) bond motifs is 5. The molecular weight excluding hydrogens is 457 g/mol. The topological polar surface area (TPSA) is 37.3 Å². The third kappa shape index (κ3) is 3.86. The van der Waals surface area contributed by atoms with Crippen molar-refractivity contribution in [2.24, 2.45) is 0 Å². The van der Waals surface area contributed by atoms with Gasteiger partial charge in [-0.05, 0) is 86.6 Å². The van der Waals surface area contributed by atoms with Crippen LogP contribution in [0, 0.1) is 19.7 Å². The molecular formula is C29H28FN3OS. The molecule has 0 unspecified atom stereocenters. The number of benzene rings is 2. The van der Waals surface area contributed by atoms with E-state index in [4.69, 9.17) is 0 Å². The SMILES string of the molecule is Cc1ccc(NC(=O)N2Cc3c(sc4c3CCCC4)-n3cccc3[C@H]2c2cccc(F)c2)c(C)c1. The lowest BCUT2D eigenvalue weighted by atomic mass is 9.95. The van der Waals surface area contributed by atoms with Crippen LogP contribution >= 0.6 is 11.3 Å². The van der Waals surface area contributed by atoms with Gasteiger partial charge < -0.3 is 14.8 Å². The van der Waals surface area contributed by atoms with Crippen LogP contribution < -0.4 is 5.32 Å². The average Bonchev–Trinajstić information content (AvgIpc) is 3.42. The number of carbonyl (C=O) groups is 1. The van der Waals surface area contributed by atoms with Gasteiger partial charge in [-0.3, -0.25) is 0 Å². The summed E-state index contributed by atoms with van der Waals surface area (Å²) in [6.07, 6.45) is 6.62. The molecule has 0 fully saturated rings. The zero-order valence-corrected chi connectivity index (χ0v) is 20.8. The maximum Gasteiger partial charge on any atom is 0.322 e. The van der Waals surface area contributed by atoms with Crippen LogP contribution in [0.3, 0.4) is 0 Å². The Hall–Kier alpha value is -3.38. The fraction of sp³-hybridized carbons (Fsp3) is 0.276. The number of amides is 2. The Morgan fingerprint density at radius 3 is 2.71 bits per heavy atom. The van der Waals surface area contributed by atoms with E-state index in [1.165, 1.54) is 39.9 Å². The van der Waals surface area contributed by atoms with Crippen LogP contribution in [0.25, 0.3) is 5.00 Å². The summed E-state index contributed by atoms with van der Waals surface area (Å²) in [6, 6.07) is 16.2. The molecule has 35 heavy (non-hydrogen) atoms. The molecule has 0 saturated carbocycles. The molecule has 2 amide bonds. The van der Waals surface area contributed by atoms with Crippen LogP contribution in [0.4, 0.5) is 14.9 Å². The molecule has 4 nitrogen and oxygen atoms in total. The molecule has 0 bridgehead atoms. The molecule has 0 radical (unpaired) electrons. The second-order valence-corrected chi connectivity index (χ2v) is 10.7. The van der Waals surface area contributed by atoms with Gasteiger partial charge in [-0.25, -0.2) is 9.18 Å². The van der Waals surface area contributed by atoms with Gasteiger partial charge in [0.1, 0.15) is 10.8 Å². The van der Waals surface area contributed by atoms with Gasteiger partial charge in [0.2, 0.25) is 0 Å². The second kappa shape index (κ2) is 8.68. The second-order valence-electron chi connectivity index (χ2n) is 9.63. The summed E-state index contributed by atoms with van der Waals surface area (Å²) in [4.78, 5) is 17.3. The fourth-order valence-electron chi connectivity index (χ4n) is 5.55. The molecule has 1 aliphatic heterocycles. The molecule has 1 aliphatic carbocycles. The van der Waals surface area contributed by atoms with Gasteiger partial charge >= 0.3 is 6.03 Å². The van der Waals surface area contributed by atoms with E-state index in [2.05, 4.69) is 28.2 Å². The fourth-order valence-corrected chi connectivity index (χ4v) is 6.96. The van der Waals surface area contributed by atoms with Crippen molar-refractivity contribution in [2.45, 2.75) is 52.1 Å². The highest BCUT2D eigenvalue weighted by atomic mass is 32.1. The third-order valence-electron chi connectivity index (χ3n) is 7.23. The highest BCUT2D eigenvalue weighted by Gasteiger charge is 2.36. The number of nitrogens with one attached hydrogen (secondary N) is 1. The van der Waals surface area contributed by atoms with E-state index in [1.54, 1.807) is 12.1 Å². The highest BCUT2D eigenvalue weighted by Crippen LogP contribution is 2.44. The van der Waals surface area contributed by atoms with E-state index in [0.29, 0.717) is 6.54 Å². The maximum atomic E-state index is 14.4. The minimum atomic E-state index is -0.412. The first kappa shape index (κ1) is 22.1. The van der Waals surface area contributed by atoms with Crippen molar-refractivity contribution in [1.82, 2.24) is 9.47 Å². The molecule has 6 rings (SSSR count). The van der Waals surface area contributed by atoms with E-state index in [0.717, 1.165) is 40.9 Å². The average molecular weight is 486 g/mol. The Bertz CT molecular complexity index is 1440. The number of aromatic nitrogens is 1. The maximum absolute atomic E-state index is 14.4. The number of urea groups is 1. The number of nitrogens with zero attached hydrogens (tertiary/aromatic N) is 2. The van der Waals surface area contributed by atoms with E-state index in [1.807, 2.05) is 54.3 Å². The minimum Gasteiger partial charge on any atom is -0.310 e. The summed E-state index contributed by atoms with van der Waals surface area (Å²) in [5, 5.41) is 4.36. The largest absolute Gasteiger partial charge is 0.322 e. The van der Waals surface area contributed by atoms with Gasteiger partial charge in [-0.15, -0.1) is 11.3 Å². The Morgan fingerprint density at radius 1 is 1.03 bits per heavy atom. The van der Waals surface area contributed by atoms with Crippen LogP contribution in [0.15, 0.2) is 60.8 Å². The number of halogens is 1. The normalized spacial score (nSPS) is 16.8. The van der Waals surface area contributed by atoms with Crippen molar-refractivity contribution in [1.29, 1.82) is 0 Å². The van der Waals surface area contributed by atoms with Crippen LogP contribution in [0.1, 0.15) is 57.3 Å². The van der Waals surface area contributed by atoms with Crippen molar-refractivity contribution < 1.29 is 9.18 Å². The Kier molecular flexibility index (Phi) is 5.49. The lowest BCUT2D eigenvalue weighted by Gasteiger charge is -2.31. The molecule has 2 aromatic carbocycles. The molecule has 4 aromatic rings. The van der Waals surface area contributed by atoms with E-state index >= 15 is 0 Å². The Balaban J connectivity index is 1.50. The number of rotatable bonds is 2. The molecule has 1 atom stereocenters. The van der Waals surface area contributed by atoms with Crippen molar-refractivity contribution >= 4 is 23.1 Å². The van der Waals surface area contributed by atoms with Crippen molar-refractivity contribution in [3.8, 4) is 5.00 Å². The quantitative estimate of drug-likeness (QED) is 0.318. The summed E-state index contributed by atoms with van der Waals surface area (Å²) in [6.45, 7) is 4.54.